The van der Waals surface area contributed by atoms with E-state index in [0.29, 0.717) is 6.42 Å². The summed E-state index contributed by atoms with van der Waals surface area (Å²) in [5, 5.41) is 4.21. The van der Waals surface area contributed by atoms with E-state index in [0.717, 1.165) is 58.4 Å². The van der Waals surface area contributed by atoms with Crippen molar-refractivity contribution in [2.75, 3.05) is 14.2 Å². The van der Waals surface area contributed by atoms with Crippen molar-refractivity contribution < 1.29 is 27.0 Å². The molecule has 0 saturated heterocycles. The Morgan fingerprint density at radius 2 is 1.66 bits per heavy atom. The lowest BCUT2D eigenvalue weighted by Crippen LogP contribution is -2.13. The van der Waals surface area contributed by atoms with Gasteiger partial charge in [-0.1, -0.05) is 36.4 Å². The van der Waals surface area contributed by atoms with Gasteiger partial charge in [0.05, 0.1) is 25.2 Å². The number of halogens is 4. The van der Waals surface area contributed by atoms with Gasteiger partial charge in [0.25, 0.3) is 0 Å². The zero-order chi connectivity index (χ0) is 24.7. The number of alkyl halides is 3. The highest BCUT2D eigenvalue weighted by Gasteiger charge is 2.35. The maximum Gasteiger partial charge on any atom is 0.419 e. The third-order valence-electron chi connectivity index (χ3n) is 7.24. The van der Waals surface area contributed by atoms with E-state index >= 15 is 0 Å². The molecule has 0 fully saturated rings. The predicted octanol–water partition coefficient (Wildman–Crippen LogP) is 8.22. The summed E-state index contributed by atoms with van der Waals surface area (Å²) in [6, 6.07) is 15.8. The molecule has 35 heavy (non-hydrogen) atoms. The first kappa shape index (κ1) is 23.5. The van der Waals surface area contributed by atoms with Crippen molar-refractivity contribution in [2.45, 2.75) is 44.2 Å². The van der Waals surface area contributed by atoms with E-state index in [-0.39, 0.29) is 17.9 Å². The smallest absolute Gasteiger partial charge is 0.419 e. The molecule has 182 valence electrons. The van der Waals surface area contributed by atoms with Crippen LogP contribution in [0.5, 0.6) is 11.5 Å². The molecule has 4 aromatic carbocycles. The van der Waals surface area contributed by atoms with Gasteiger partial charge >= 0.3 is 6.18 Å². The molecule has 0 saturated carbocycles. The minimum Gasteiger partial charge on any atom is -0.496 e. The van der Waals surface area contributed by atoms with Gasteiger partial charge in [0, 0.05) is 0 Å². The molecule has 0 aliphatic heterocycles. The summed E-state index contributed by atoms with van der Waals surface area (Å²) in [5.41, 5.74) is 1.36. The van der Waals surface area contributed by atoms with Crippen LogP contribution in [0.1, 0.15) is 47.4 Å². The van der Waals surface area contributed by atoms with Crippen LogP contribution in [0.15, 0.2) is 54.6 Å². The highest BCUT2D eigenvalue weighted by molar-refractivity contribution is 6.13. The van der Waals surface area contributed by atoms with Crippen molar-refractivity contribution in [1.29, 1.82) is 0 Å². The van der Waals surface area contributed by atoms with Crippen molar-refractivity contribution in [1.82, 2.24) is 0 Å². The normalized spacial score (nSPS) is 15.9. The Hall–Kier alpha value is -3.28. The molecule has 0 unspecified atom stereocenters. The minimum atomic E-state index is -4.69. The molecule has 0 bridgehead atoms. The Morgan fingerprint density at radius 3 is 2.40 bits per heavy atom. The molecular weight excluding hydrogens is 456 g/mol. The van der Waals surface area contributed by atoms with Gasteiger partial charge in [-0.05, 0) is 89.1 Å². The van der Waals surface area contributed by atoms with E-state index in [9.17, 15) is 17.6 Å². The van der Waals surface area contributed by atoms with Crippen LogP contribution in [-0.2, 0) is 19.0 Å². The van der Waals surface area contributed by atoms with Gasteiger partial charge in [0.2, 0.25) is 0 Å². The third kappa shape index (κ3) is 4.09. The van der Waals surface area contributed by atoms with Crippen molar-refractivity contribution in [3.05, 3.63) is 82.7 Å². The van der Waals surface area contributed by atoms with Crippen LogP contribution < -0.4 is 9.47 Å². The quantitative estimate of drug-likeness (QED) is 0.211. The van der Waals surface area contributed by atoms with Gasteiger partial charge in [-0.2, -0.15) is 13.2 Å². The first-order chi connectivity index (χ1) is 16.8. The summed E-state index contributed by atoms with van der Waals surface area (Å²) in [6.45, 7) is 0. The fourth-order valence-electron chi connectivity index (χ4n) is 5.59. The van der Waals surface area contributed by atoms with Crippen LogP contribution >= 0.6 is 0 Å². The molecule has 0 radical (unpaired) electrons. The lowest BCUT2D eigenvalue weighted by Gasteiger charge is -2.28. The van der Waals surface area contributed by atoms with Gasteiger partial charge in [0.1, 0.15) is 17.3 Å². The fourth-order valence-corrected chi connectivity index (χ4v) is 5.59. The second kappa shape index (κ2) is 9.06. The van der Waals surface area contributed by atoms with Crippen LogP contribution in [0.3, 0.4) is 0 Å². The number of rotatable bonds is 5. The molecule has 1 aliphatic carbocycles. The first-order valence-corrected chi connectivity index (χ1v) is 11.8. The monoisotopic (exact) mass is 482 g/mol. The Morgan fingerprint density at radius 1 is 0.886 bits per heavy atom. The van der Waals surface area contributed by atoms with Gasteiger partial charge in [0.15, 0.2) is 0 Å². The second-order valence-electron chi connectivity index (χ2n) is 9.09. The largest absolute Gasteiger partial charge is 0.496 e. The van der Waals surface area contributed by atoms with Crippen molar-refractivity contribution in [3.8, 4) is 11.5 Å². The van der Waals surface area contributed by atoms with Crippen molar-refractivity contribution in [2.24, 2.45) is 0 Å². The van der Waals surface area contributed by atoms with Gasteiger partial charge in [-0.25, -0.2) is 4.39 Å². The number of aryl methyl sites for hydroxylation is 2. The van der Waals surface area contributed by atoms with Crippen molar-refractivity contribution in [3.63, 3.8) is 0 Å². The number of methoxy groups -OCH3 is 2. The average Bonchev–Trinajstić information content (AvgIpc) is 2.86. The maximum atomic E-state index is 14.6. The Kier molecular flexibility index (Phi) is 6.07. The van der Waals surface area contributed by atoms with E-state index in [1.54, 1.807) is 14.2 Å². The number of fused-ring (bicyclic) bond motifs is 5. The lowest BCUT2D eigenvalue weighted by atomic mass is 9.77. The molecule has 0 heterocycles. The maximum absolute atomic E-state index is 14.6. The number of hydrogen-bond donors (Lipinski definition) is 0. The Balaban J connectivity index is 1.54. The van der Waals surface area contributed by atoms with Crippen molar-refractivity contribution >= 4 is 21.5 Å². The molecule has 1 aliphatic rings. The SMILES string of the molecule is COc1cccc2c1c(OC)cc1c3c(ccc12)[C@H](CCc1cccc(C(F)(F)F)c1F)CCC3. The predicted molar refractivity (Wildman–Crippen MR) is 130 cm³/mol. The van der Waals surface area contributed by atoms with Gasteiger partial charge < -0.3 is 9.47 Å². The average molecular weight is 483 g/mol. The van der Waals surface area contributed by atoms with E-state index < -0.39 is 17.6 Å². The summed E-state index contributed by atoms with van der Waals surface area (Å²) in [6.07, 6.45) is -1.02. The summed E-state index contributed by atoms with van der Waals surface area (Å²) in [5.74, 6) is 0.496. The van der Waals surface area contributed by atoms with Crippen LogP contribution in [0.2, 0.25) is 0 Å². The molecule has 0 N–H and O–H groups in total. The molecule has 0 spiro atoms. The van der Waals surface area contributed by atoms with Crippen LogP contribution in [0.4, 0.5) is 17.6 Å². The third-order valence-corrected chi connectivity index (χ3v) is 7.24. The number of benzene rings is 4. The second-order valence-corrected chi connectivity index (χ2v) is 9.09. The highest BCUT2D eigenvalue weighted by atomic mass is 19.4. The fraction of sp³-hybridized carbons (Fsp3) is 0.310. The summed E-state index contributed by atoms with van der Waals surface area (Å²) in [4.78, 5) is 0. The van der Waals surface area contributed by atoms with E-state index in [4.69, 9.17) is 9.47 Å². The van der Waals surface area contributed by atoms with Crippen LogP contribution in [0, 0.1) is 5.82 Å². The van der Waals surface area contributed by atoms with Crippen LogP contribution in [0.25, 0.3) is 21.5 Å². The molecule has 0 aromatic heterocycles. The lowest BCUT2D eigenvalue weighted by molar-refractivity contribution is -0.140. The van der Waals surface area contributed by atoms with Gasteiger partial charge in [-0.15, -0.1) is 0 Å². The zero-order valence-electron chi connectivity index (χ0n) is 19.6. The van der Waals surface area contributed by atoms with Crippen LogP contribution in [-0.4, -0.2) is 14.2 Å². The number of hydrogen-bond acceptors (Lipinski definition) is 2. The highest BCUT2D eigenvalue weighted by Crippen LogP contribution is 2.44. The van der Waals surface area contributed by atoms with E-state index in [1.807, 2.05) is 12.1 Å². The molecule has 5 rings (SSSR count). The van der Waals surface area contributed by atoms with Gasteiger partial charge in [-0.3, -0.25) is 0 Å². The Labute approximate surface area is 201 Å². The first-order valence-electron chi connectivity index (χ1n) is 11.8. The van der Waals surface area contributed by atoms with E-state index in [2.05, 4.69) is 24.3 Å². The van der Waals surface area contributed by atoms with E-state index in [1.165, 1.54) is 23.3 Å². The molecular formula is C29H26F4O2. The molecule has 6 heteroatoms. The standard InChI is InChI=1S/C29H26F4O2/c1-34-25-11-5-9-22-21-15-14-19-17(6-3-8-20(19)23(21)16-26(35-2)27(22)25)12-13-18-7-4-10-24(28(18)30)29(31,32)33/h4-5,7,9-11,14-17H,3,6,8,12-13H2,1-2H3/t17-/m0/s1. The summed E-state index contributed by atoms with van der Waals surface area (Å²) in [7, 11) is 3.29. The molecule has 4 aromatic rings. The molecule has 0 amide bonds. The summed E-state index contributed by atoms with van der Waals surface area (Å²) < 4.78 is 65.3. The molecule has 1 atom stereocenters. The zero-order valence-corrected chi connectivity index (χ0v) is 19.6. The molecule has 2 nitrogen and oxygen atoms in total. The summed E-state index contributed by atoms with van der Waals surface area (Å²) >= 11 is 0. The number of ether oxygens (including phenoxy) is 2. The minimum absolute atomic E-state index is 0.118. The Bertz CT molecular complexity index is 1410. The topological polar surface area (TPSA) is 18.5 Å².